The predicted molar refractivity (Wildman–Crippen MR) is 73.4 cm³/mol. The van der Waals surface area contributed by atoms with Crippen LogP contribution in [0.2, 0.25) is 0 Å². The van der Waals surface area contributed by atoms with Crippen LogP contribution in [-0.4, -0.2) is 51.9 Å². The van der Waals surface area contributed by atoms with Gasteiger partial charge < -0.3 is 9.64 Å². The molecule has 0 aliphatic carbocycles. The Morgan fingerprint density at radius 2 is 2.00 bits per heavy atom. The van der Waals surface area contributed by atoms with Crippen molar-refractivity contribution in [3.63, 3.8) is 0 Å². The summed E-state index contributed by atoms with van der Waals surface area (Å²) in [6.07, 6.45) is 4.43. The van der Waals surface area contributed by atoms with Gasteiger partial charge in [-0.2, -0.15) is 0 Å². The zero-order valence-electron chi connectivity index (χ0n) is 11.7. The van der Waals surface area contributed by atoms with Gasteiger partial charge in [-0.05, 0) is 25.2 Å². The van der Waals surface area contributed by atoms with Crippen LogP contribution in [0.25, 0.3) is 0 Å². The maximum Gasteiger partial charge on any atom is 0.409 e. The number of carbonyl (C=O) groups excluding carboxylic acids is 1. The smallest absolute Gasteiger partial charge is 0.409 e. The molecule has 0 radical (unpaired) electrons. The Bertz CT molecular complexity index is 375. The largest absolute Gasteiger partial charge is 0.449 e. The lowest BCUT2D eigenvalue weighted by Crippen LogP contribution is -2.41. The van der Waals surface area contributed by atoms with E-state index in [1.807, 2.05) is 6.92 Å². The molecule has 0 spiro atoms. The third-order valence-electron chi connectivity index (χ3n) is 3.23. The Balaban J connectivity index is 2.23. The highest BCUT2D eigenvalue weighted by Gasteiger charge is 2.24. The summed E-state index contributed by atoms with van der Waals surface area (Å²) in [6, 6.07) is 0. The summed E-state index contributed by atoms with van der Waals surface area (Å²) in [5.41, 5.74) is 0. The molecule has 0 bridgehead atoms. The first-order chi connectivity index (χ1) is 8.92. The number of ether oxygens (including phenoxy) is 1. The first-order valence-electron chi connectivity index (χ1n) is 6.78. The predicted octanol–water partition coefficient (Wildman–Crippen LogP) is 1.18. The number of piperidine rings is 1. The summed E-state index contributed by atoms with van der Waals surface area (Å²) < 4.78 is 29.7. The van der Waals surface area contributed by atoms with Gasteiger partial charge in [-0.3, -0.25) is 0 Å². The van der Waals surface area contributed by atoms with Crippen LogP contribution in [0.15, 0.2) is 0 Å². The van der Waals surface area contributed by atoms with Crippen molar-refractivity contribution in [2.24, 2.45) is 5.92 Å². The van der Waals surface area contributed by atoms with E-state index in [4.69, 9.17) is 4.74 Å². The Morgan fingerprint density at radius 3 is 2.53 bits per heavy atom. The maximum absolute atomic E-state index is 11.7. The quantitative estimate of drug-likeness (QED) is 0.746. The standard InChI is InChI=1S/C12H24N2O4S/c1-3-4-9-18-12(15)14-7-5-11(6-8-14)10-13-19(2,16)17/h11,13H,3-10H2,1-2H3. The van der Waals surface area contributed by atoms with Crippen molar-refractivity contribution in [1.82, 2.24) is 9.62 Å². The molecule has 1 rings (SSSR count). The maximum atomic E-state index is 11.7. The van der Waals surface area contributed by atoms with Crippen LogP contribution in [0, 0.1) is 5.92 Å². The number of nitrogens with zero attached hydrogens (tertiary/aromatic N) is 1. The number of hydrogen-bond donors (Lipinski definition) is 1. The van der Waals surface area contributed by atoms with Gasteiger partial charge in [0.05, 0.1) is 12.9 Å². The van der Waals surface area contributed by atoms with E-state index in [2.05, 4.69) is 4.72 Å². The van der Waals surface area contributed by atoms with Crippen molar-refractivity contribution in [2.75, 3.05) is 32.5 Å². The van der Waals surface area contributed by atoms with Crippen molar-refractivity contribution in [3.8, 4) is 0 Å². The van der Waals surface area contributed by atoms with Crippen LogP contribution in [0.5, 0.6) is 0 Å². The number of carbonyl (C=O) groups is 1. The van der Waals surface area contributed by atoms with Crippen LogP contribution >= 0.6 is 0 Å². The summed E-state index contributed by atoms with van der Waals surface area (Å²) in [5, 5.41) is 0. The van der Waals surface area contributed by atoms with Gasteiger partial charge in [0.15, 0.2) is 0 Å². The summed E-state index contributed by atoms with van der Waals surface area (Å²) in [6.45, 7) is 4.26. The summed E-state index contributed by atoms with van der Waals surface area (Å²) in [5.74, 6) is 0.300. The second-order valence-electron chi connectivity index (χ2n) is 5.02. The van der Waals surface area contributed by atoms with E-state index < -0.39 is 10.0 Å². The highest BCUT2D eigenvalue weighted by molar-refractivity contribution is 7.88. The van der Waals surface area contributed by atoms with E-state index in [0.29, 0.717) is 32.2 Å². The molecule has 1 N–H and O–H groups in total. The van der Waals surface area contributed by atoms with Gasteiger partial charge in [0, 0.05) is 19.6 Å². The van der Waals surface area contributed by atoms with E-state index in [9.17, 15) is 13.2 Å². The topological polar surface area (TPSA) is 75.7 Å². The number of unbranched alkanes of at least 4 members (excludes halogenated alkanes) is 1. The van der Waals surface area contributed by atoms with E-state index in [0.717, 1.165) is 31.9 Å². The lowest BCUT2D eigenvalue weighted by molar-refractivity contribution is 0.0870. The lowest BCUT2D eigenvalue weighted by atomic mass is 9.97. The van der Waals surface area contributed by atoms with E-state index in [1.54, 1.807) is 4.90 Å². The highest BCUT2D eigenvalue weighted by Crippen LogP contribution is 2.17. The SMILES string of the molecule is CCCCOC(=O)N1CCC(CNS(C)(=O)=O)CC1. The molecule has 1 fully saturated rings. The Kier molecular flexibility index (Phi) is 6.57. The van der Waals surface area contributed by atoms with Crippen LogP contribution < -0.4 is 4.72 Å². The fraction of sp³-hybridized carbons (Fsp3) is 0.917. The van der Waals surface area contributed by atoms with Crippen LogP contribution in [0.4, 0.5) is 4.79 Å². The zero-order chi connectivity index (χ0) is 14.3. The Labute approximate surface area is 115 Å². The molecule has 0 unspecified atom stereocenters. The molecular weight excluding hydrogens is 268 g/mol. The third-order valence-corrected chi connectivity index (χ3v) is 3.92. The molecule has 112 valence electrons. The molecule has 7 heteroatoms. The minimum absolute atomic E-state index is 0.247. The minimum Gasteiger partial charge on any atom is -0.449 e. The number of sulfonamides is 1. The Morgan fingerprint density at radius 1 is 1.37 bits per heavy atom. The van der Waals surface area contributed by atoms with Gasteiger partial charge in [0.25, 0.3) is 0 Å². The van der Waals surface area contributed by atoms with E-state index in [1.165, 1.54) is 0 Å². The second kappa shape index (κ2) is 7.69. The van der Waals surface area contributed by atoms with Crippen molar-refractivity contribution in [2.45, 2.75) is 32.6 Å². The average Bonchev–Trinajstić information content (AvgIpc) is 2.36. The first kappa shape index (κ1) is 16.2. The molecular formula is C12H24N2O4S. The molecule has 1 amide bonds. The number of amides is 1. The van der Waals surface area contributed by atoms with Gasteiger partial charge in [0.2, 0.25) is 10.0 Å². The van der Waals surface area contributed by atoms with E-state index >= 15 is 0 Å². The molecule has 6 nitrogen and oxygen atoms in total. The highest BCUT2D eigenvalue weighted by atomic mass is 32.2. The number of hydrogen-bond acceptors (Lipinski definition) is 4. The van der Waals surface area contributed by atoms with Crippen molar-refractivity contribution in [3.05, 3.63) is 0 Å². The van der Waals surface area contributed by atoms with Crippen molar-refractivity contribution >= 4 is 16.1 Å². The summed E-state index contributed by atoms with van der Waals surface area (Å²) in [7, 11) is -3.12. The van der Waals surface area contributed by atoms with Gasteiger partial charge in [-0.1, -0.05) is 13.3 Å². The molecule has 1 heterocycles. The zero-order valence-corrected chi connectivity index (χ0v) is 12.5. The molecule has 0 atom stereocenters. The van der Waals surface area contributed by atoms with E-state index in [-0.39, 0.29) is 6.09 Å². The fourth-order valence-corrected chi connectivity index (χ4v) is 2.52. The lowest BCUT2D eigenvalue weighted by Gasteiger charge is -2.31. The van der Waals surface area contributed by atoms with Crippen molar-refractivity contribution < 1.29 is 17.9 Å². The summed E-state index contributed by atoms with van der Waals surface area (Å²) >= 11 is 0. The van der Waals surface area contributed by atoms with Crippen molar-refractivity contribution in [1.29, 1.82) is 0 Å². The first-order valence-corrected chi connectivity index (χ1v) is 8.68. The number of likely N-dealkylation sites (tertiary alicyclic amines) is 1. The molecule has 0 aromatic heterocycles. The molecule has 1 aliphatic rings. The minimum atomic E-state index is -3.12. The monoisotopic (exact) mass is 292 g/mol. The second-order valence-corrected chi connectivity index (χ2v) is 6.85. The number of rotatable bonds is 6. The van der Waals surface area contributed by atoms with Gasteiger partial charge in [0.1, 0.15) is 0 Å². The van der Waals surface area contributed by atoms with Gasteiger partial charge in [-0.25, -0.2) is 17.9 Å². The number of nitrogens with one attached hydrogen (secondary N) is 1. The molecule has 0 aromatic carbocycles. The summed E-state index contributed by atoms with van der Waals surface area (Å²) in [4.78, 5) is 13.4. The molecule has 0 aromatic rings. The average molecular weight is 292 g/mol. The normalized spacial score (nSPS) is 17.5. The van der Waals surface area contributed by atoms with Gasteiger partial charge in [-0.15, -0.1) is 0 Å². The fourth-order valence-electron chi connectivity index (χ4n) is 1.98. The molecule has 0 saturated carbocycles. The van der Waals surface area contributed by atoms with Crippen LogP contribution in [-0.2, 0) is 14.8 Å². The van der Waals surface area contributed by atoms with Crippen LogP contribution in [0.3, 0.4) is 0 Å². The molecule has 1 saturated heterocycles. The van der Waals surface area contributed by atoms with Crippen LogP contribution in [0.1, 0.15) is 32.6 Å². The molecule has 19 heavy (non-hydrogen) atoms. The van der Waals surface area contributed by atoms with Gasteiger partial charge >= 0.3 is 6.09 Å². The third kappa shape index (κ3) is 6.77. The molecule has 1 aliphatic heterocycles. The Hall–Kier alpha value is -0.820.